The van der Waals surface area contributed by atoms with Crippen LogP contribution in [0.25, 0.3) is 0 Å². The number of nitrogens with two attached hydrogens (primary N) is 2. The minimum absolute atomic E-state index is 0.0363. The standard InChI is InChI=1S/C26H35Cl2N5O2/c1-17(2)13-22(30)20-5-3-4-6-24(20)32-9-11-33(12-10-32)26(35)23(31-25(34)16-29)14-18-7-8-19(27)15-21(18)28/h3-8,15,17,22-23H,9-14,16,29-30H2,1-2H3,(H,31,34)/t22?,23-/m1/s1. The molecule has 2 amide bonds. The van der Waals surface area contributed by atoms with Gasteiger partial charge in [-0.15, -0.1) is 0 Å². The third-order valence-electron chi connectivity index (χ3n) is 6.25. The van der Waals surface area contributed by atoms with E-state index in [2.05, 4.69) is 36.2 Å². The van der Waals surface area contributed by atoms with Crippen molar-refractivity contribution >= 4 is 40.7 Å². The highest BCUT2D eigenvalue weighted by Gasteiger charge is 2.30. The van der Waals surface area contributed by atoms with Crippen LogP contribution in [0.15, 0.2) is 42.5 Å². The van der Waals surface area contributed by atoms with Gasteiger partial charge in [-0.3, -0.25) is 9.59 Å². The summed E-state index contributed by atoms with van der Waals surface area (Å²) in [7, 11) is 0. The zero-order valence-corrected chi connectivity index (χ0v) is 21.9. The van der Waals surface area contributed by atoms with Gasteiger partial charge in [-0.25, -0.2) is 0 Å². The van der Waals surface area contributed by atoms with Crippen molar-refractivity contribution in [2.75, 3.05) is 37.6 Å². The number of hydrogen-bond donors (Lipinski definition) is 3. The Morgan fingerprint density at radius 3 is 2.37 bits per heavy atom. The fraction of sp³-hybridized carbons (Fsp3) is 0.462. The Morgan fingerprint density at radius 2 is 1.74 bits per heavy atom. The Labute approximate surface area is 217 Å². The molecule has 5 N–H and O–H groups in total. The van der Waals surface area contributed by atoms with Gasteiger partial charge in [0, 0.05) is 54.4 Å². The van der Waals surface area contributed by atoms with E-state index in [9.17, 15) is 9.59 Å². The Hall–Kier alpha value is -2.32. The third-order valence-corrected chi connectivity index (χ3v) is 6.84. The molecule has 2 aromatic carbocycles. The van der Waals surface area contributed by atoms with Gasteiger partial charge in [0.2, 0.25) is 11.8 Å². The van der Waals surface area contributed by atoms with Crippen molar-refractivity contribution in [3.8, 4) is 0 Å². The highest BCUT2D eigenvalue weighted by atomic mass is 35.5. The van der Waals surface area contributed by atoms with Crippen LogP contribution < -0.4 is 21.7 Å². The Kier molecular flexibility index (Phi) is 9.80. The predicted octanol–water partition coefficient (Wildman–Crippen LogP) is 3.37. The summed E-state index contributed by atoms with van der Waals surface area (Å²) in [6.45, 7) is 6.58. The number of carbonyl (C=O) groups is 2. The summed E-state index contributed by atoms with van der Waals surface area (Å²) in [4.78, 5) is 29.6. The molecule has 0 spiro atoms. The molecule has 1 heterocycles. The summed E-state index contributed by atoms with van der Waals surface area (Å²) in [6, 6.07) is 12.6. The van der Waals surface area contributed by atoms with Crippen molar-refractivity contribution in [3.63, 3.8) is 0 Å². The normalized spacial score (nSPS) is 15.7. The number of anilines is 1. The lowest BCUT2D eigenvalue weighted by atomic mass is 9.96. The molecule has 35 heavy (non-hydrogen) atoms. The number of nitrogens with zero attached hydrogens (tertiary/aromatic N) is 2. The second-order valence-electron chi connectivity index (χ2n) is 9.37. The highest BCUT2D eigenvalue weighted by Crippen LogP contribution is 2.30. The fourth-order valence-corrected chi connectivity index (χ4v) is 4.96. The highest BCUT2D eigenvalue weighted by molar-refractivity contribution is 6.35. The largest absolute Gasteiger partial charge is 0.368 e. The molecule has 1 unspecified atom stereocenters. The average Bonchev–Trinajstić information content (AvgIpc) is 2.84. The molecular weight excluding hydrogens is 485 g/mol. The zero-order chi connectivity index (χ0) is 25.5. The number of para-hydroxylation sites is 1. The molecule has 1 aliphatic heterocycles. The Morgan fingerprint density at radius 1 is 1.06 bits per heavy atom. The molecule has 0 radical (unpaired) electrons. The number of rotatable bonds is 9. The van der Waals surface area contributed by atoms with E-state index >= 15 is 0 Å². The molecule has 0 saturated carbocycles. The van der Waals surface area contributed by atoms with Crippen LogP contribution in [0.3, 0.4) is 0 Å². The number of hydrogen-bond acceptors (Lipinski definition) is 5. The van der Waals surface area contributed by atoms with Crippen LogP contribution in [-0.2, 0) is 16.0 Å². The molecule has 1 fully saturated rings. The summed E-state index contributed by atoms with van der Waals surface area (Å²) in [5.74, 6) is -0.0373. The third kappa shape index (κ3) is 7.34. The van der Waals surface area contributed by atoms with E-state index in [0.29, 0.717) is 42.1 Å². The molecule has 0 bridgehead atoms. The second-order valence-corrected chi connectivity index (χ2v) is 10.2. The van der Waals surface area contributed by atoms with Crippen molar-refractivity contribution in [2.45, 2.75) is 38.8 Å². The number of carbonyl (C=O) groups excluding carboxylic acids is 2. The first-order valence-corrected chi connectivity index (χ1v) is 12.8. The average molecular weight is 521 g/mol. The molecule has 190 valence electrons. The summed E-state index contributed by atoms with van der Waals surface area (Å²) in [6.07, 6.45) is 1.17. The van der Waals surface area contributed by atoms with Gasteiger partial charge in [-0.2, -0.15) is 0 Å². The van der Waals surface area contributed by atoms with Gasteiger partial charge in [-0.05, 0) is 41.7 Å². The maximum absolute atomic E-state index is 13.4. The molecule has 1 aliphatic rings. The van der Waals surface area contributed by atoms with Gasteiger partial charge in [-0.1, -0.05) is 61.3 Å². The van der Waals surface area contributed by atoms with E-state index in [1.165, 1.54) is 0 Å². The van der Waals surface area contributed by atoms with Gasteiger partial charge in [0.15, 0.2) is 0 Å². The quantitative estimate of drug-likeness (QED) is 0.470. The van der Waals surface area contributed by atoms with E-state index in [1.807, 2.05) is 12.1 Å². The first kappa shape index (κ1) is 27.3. The van der Waals surface area contributed by atoms with Crippen LogP contribution in [0.5, 0.6) is 0 Å². The Balaban J connectivity index is 1.71. The maximum atomic E-state index is 13.4. The van der Waals surface area contributed by atoms with E-state index in [4.69, 9.17) is 34.7 Å². The van der Waals surface area contributed by atoms with Gasteiger partial charge in [0.1, 0.15) is 6.04 Å². The zero-order valence-electron chi connectivity index (χ0n) is 20.3. The molecule has 2 atom stereocenters. The molecule has 1 saturated heterocycles. The summed E-state index contributed by atoms with van der Waals surface area (Å²) < 4.78 is 0. The van der Waals surface area contributed by atoms with E-state index in [1.54, 1.807) is 23.1 Å². The lowest BCUT2D eigenvalue weighted by Crippen LogP contribution is -2.56. The molecule has 0 aliphatic carbocycles. The van der Waals surface area contributed by atoms with Crippen molar-refractivity contribution < 1.29 is 9.59 Å². The monoisotopic (exact) mass is 519 g/mol. The topological polar surface area (TPSA) is 105 Å². The number of nitrogens with one attached hydrogen (secondary N) is 1. The molecule has 3 rings (SSSR count). The van der Waals surface area contributed by atoms with Crippen LogP contribution >= 0.6 is 23.2 Å². The molecule has 0 aromatic heterocycles. The minimum Gasteiger partial charge on any atom is -0.368 e. The lowest BCUT2D eigenvalue weighted by molar-refractivity contribution is -0.136. The second kappa shape index (κ2) is 12.6. The van der Waals surface area contributed by atoms with Gasteiger partial charge >= 0.3 is 0 Å². The van der Waals surface area contributed by atoms with Gasteiger partial charge in [0.05, 0.1) is 6.54 Å². The van der Waals surface area contributed by atoms with Gasteiger partial charge in [0.25, 0.3) is 0 Å². The molecular formula is C26H35Cl2N5O2. The van der Waals surface area contributed by atoms with E-state index in [0.717, 1.165) is 23.2 Å². The van der Waals surface area contributed by atoms with Crippen LogP contribution in [0, 0.1) is 5.92 Å². The summed E-state index contributed by atoms with van der Waals surface area (Å²) >= 11 is 12.3. The molecule has 9 heteroatoms. The van der Waals surface area contributed by atoms with Crippen molar-refractivity contribution in [1.82, 2.24) is 10.2 Å². The van der Waals surface area contributed by atoms with Crippen molar-refractivity contribution in [1.29, 1.82) is 0 Å². The van der Waals surface area contributed by atoms with Crippen LogP contribution in [0.1, 0.15) is 37.4 Å². The minimum atomic E-state index is -0.761. The van der Waals surface area contributed by atoms with Crippen LogP contribution in [0.4, 0.5) is 5.69 Å². The number of halogens is 2. The first-order valence-electron chi connectivity index (χ1n) is 12.0. The van der Waals surface area contributed by atoms with Gasteiger partial charge < -0.3 is 26.6 Å². The lowest BCUT2D eigenvalue weighted by Gasteiger charge is -2.39. The Bertz CT molecular complexity index is 1020. The van der Waals surface area contributed by atoms with Crippen LogP contribution in [0.2, 0.25) is 10.0 Å². The molecule has 7 nitrogen and oxygen atoms in total. The number of amides is 2. The molecule has 2 aromatic rings. The summed E-state index contributed by atoms with van der Waals surface area (Å²) in [5.41, 5.74) is 15.0. The number of piperazine rings is 1. The smallest absolute Gasteiger partial charge is 0.245 e. The predicted molar refractivity (Wildman–Crippen MR) is 143 cm³/mol. The van der Waals surface area contributed by atoms with E-state index in [-0.39, 0.29) is 30.8 Å². The van der Waals surface area contributed by atoms with Crippen LogP contribution in [-0.4, -0.2) is 55.5 Å². The maximum Gasteiger partial charge on any atom is 0.245 e. The van der Waals surface area contributed by atoms with E-state index < -0.39 is 6.04 Å². The number of benzene rings is 2. The summed E-state index contributed by atoms with van der Waals surface area (Å²) in [5, 5.41) is 3.73. The SMILES string of the molecule is CC(C)CC(N)c1ccccc1N1CCN(C(=O)[C@@H](Cc2ccc(Cl)cc2Cl)NC(=O)CN)CC1. The van der Waals surface area contributed by atoms with Crippen molar-refractivity contribution in [2.24, 2.45) is 17.4 Å². The first-order chi connectivity index (χ1) is 16.7. The fourth-order valence-electron chi connectivity index (χ4n) is 4.47. The van der Waals surface area contributed by atoms with Crippen molar-refractivity contribution in [3.05, 3.63) is 63.6 Å².